The number of aryl methyl sites for hydroxylation is 1. The molecule has 0 fully saturated rings. The Labute approximate surface area is 82.9 Å². The molecule has 0 spiro atoms. The smallest absolute Gasteiger partial charge is 0.162 e. The third-order valence-corrected chi connectivity index (χ3v) is 2.10. The van der Waals surface area contributed by atoms with E-state index in [9.17, 15) is 10.2 Å². The van der Waals surface area contributed by atoms with Gasteiger partial charge in [0.2, 0.25) is 0 Å². The molecule has 0 amide bonds. The lowest BCUT2D eigenvalue weighted by Crippen LogP contribution is -2.18. The van der Waals surface area contributed by atoms with E-state index in [4.69, 9.17) is 4.74 Å². The molecule has 80 valence electrons. The number of aliphatic hydroxyl groups is 2. The normalized spacial score (nSPS) is 15.2. The molecular formula is C9H16N2O3. The summed E-state index contributed by atoms with van der Waals surface area (Å²) in [5.74, 6) is 0.500. The Hall–Kier alpha value is -1.07. The summed E-state index contributed by atoms with van der Waals surface area (Å²) in [5.41, 5.74) is 0.519. The summed E-state index contributed by atoms with van der Waals surface area (Å²) in [5, 5.41) is 23.0. The minimum atomic E-state index is -0.965. The Balaban J connectivity index is 3.07. The van der Waals surface area contributed by atoms with E-state index in [1.54, 1.807) is 4.68 Å². The fraction of sp³-hybridized carbons (Fsp3) is 0.667. The summed E-state index contributed by atoms with van der Waals surface area (Å²) in [4.78, 5) is 0. The standard InChI is InChI=1S/C9H16N2O3/c1-4-11-8(9(13)6(2)12)7(14-3)5-10-11/h5-6,9,12-13H,4H2,1-3H3. The topological polar surface area (TPSA) is 67.5 Å². The van der Waals surface area contributed by atoms with Crippen LogP contribution in [0.15, 0.2) is 6.20 Å². The third kappa shape index (κ3) is 1.88. The van der Waals surface area contributed by atoms with Crippen molar-refractivity contribution < 1.29 is 14.9 Å². The summed E-state index contributed by atoms with van der Waals surface area (Å²) in [7, 11) is 1.51. The summed E-state index contributed by atoms with van der Waals surface area (Å²) in [6.45, 7) is 4.06. The number of methoxy groups -OCH3 is 1. The van der Waals surface area contributed by atoms with Gasteiger partial charge in [0.15, 0.2) is 5.75 Å². The van der Waals surface area contributed by atoms with Gasteiger partial charge in [-0.15, -0.1) is 0 Å². The first-order valence-corrected chi connectivity index (χ1v) is 4.57. The Morgan fingerprint density at radius 1 is 1.57 bits per heavy atom. The first-order valence-electron chi connectivity index (χ1n) is 4.57. The van der Waals surface area contributed by atoms with Crippen LogP contribution in [0.3, 0.4) is 0 Å². The highest BCUT2D eigenvalue weighted by Gasteiger charge is 2.22. The fourth-order valence-electron chi connectivity index (χ4n) is 1.31. The van der Waals surface area contributed by atoms with Gasteiger partial charge in [0.1, 0.15) is 11.8 Å². The lowest BCUT2D eigenvalue weighted by molar-refractivity contribution is 0.0234. The van der Waals surface area contributed by atoms with Crippen molar-refractivity contribution in [3.05, 3.63) is 11.9 Å². The molecule has 5 nitrogen and oxygen atoms in total. The zero-order chi connectivity index (χ0) is 10.7. The predicted octanol–water partition coefficient (Wildman–Crippen LogP) is 0.326. The molecule has 2 unspecified atom stereocenters. The molecule has 0 radical (unpaired) electrons. The van der Waals surface area contributed by atoms with Crippen molar-refractivity contribution in [1.29, 1.82) is 0 Å². The van der Waals surface area contributed by atoms with E-state index in [0.717, 1.165) is 0 Å². The van der Waals surface area contributed by atoms with E-state index in [-0.39, 0.29) is 0 Å². The van der Waals surface area contributed by atoms with Crippen LogP contribution in [0.4, 0.5) is 0 Å². The van der Waals surface area contributed by atoms with Gasteiger partial charge in [0, 0.05) is 6.54 Å². The molecule has 2 N–H and O–H groups in total. The number of aromatic nitrogens is 2. The Kier molecular flexibility index (Phi) is 3.49. The van der Waals surface area contributed by atoms with Gasteiger partial charge in [0.25, 0.3) is 0 Å². The van der Waals surface area contributed by atoms with Crippen LogP contribution in [0.1, 0.15) is 25.6 Å². The maximum Gasteiger partial charge on any atom is 0.162 e. The van der Waals surface area contributed by atoms with Crippen LogP contribution in [0.2, 0.25) is 0 Å². The third-order valence-electron chi connectivity index (χ3n) is 2.10. The van der Waals surface area contributed by atoms with Crippen LogP contribution in [0.25, 0.3) is 0 Å². The highest BCUT2D eigenvalue weighted by atomic mass is 16.5. The summed E-state index contributed by atoms with van der Waals surface area (Å²) >= 11 is 0. The number of rotatable bonds is 4. The Bertz CT molecular complexity index is 275. The molecule has 2 atom stereocenters. The minimum Gasteiger partial charge on any atom is -0.493 e. The molecule has 0 saturated heterocycles. The number of nitrogens with zero attached hydrogens (tertiary/aromatic N) is 2. The zero-order valence-corrected chi connectivity index (χ0v) is 8.64. The van der Waals surface area contributed by atoms with Gasteiger partial charge in [-0.05, 0) is 13.8 Å². The van der Waals surface area contributed by atoms with E-state index in [1.807, 2.05) is 6.92 Å². The molecule has 0 aliphatic heterocycles. The molecule has 0 saturated carbocycles. The van der Waals surface area contributed by atoms with Gasteiger partial charge < -0.3 is 14.9 Å². The van der Waals surface area contributed by atoms with Gasteiger partial charge in [-0.1, -0.05) is 0 Å². The highest BCUT2D eigenvalue weighted by molar-refractivity contribution is 5.27. The SMILES string of the molecule is CCn1ncc(OC)c1C(O)C(C)O. The maximum atomic E-state index is 9.72. The number of ether oxygens (including phenoxy) is 1. The first kappa shape index (κ1) is 11.0. The molecule has 1 rings (SSSR count). The van der Waals surface area contributed by atoms with Crippen LogP contribution in [0, 0.1) is 0 Å². The average molecular weight is 200 g/mol. The summed E-state index contributed by atoms with van der Waals surface area (Å²) in [6.07, 6.45) is -0.275. The molecule has 1 heterocycles. The monoisotopic (exact) mass is 200 g/mol. The van der Waals surface area contributed by atoms with Crippen LogP contribution in [-0.2, 0) is 6.54 Å². The average Bonchev–Trinajstić information content (AvgIpc) is 2.58. The van der Waals surface area contributed by atoms with E-state index in [1.165, 1.54) is 20.2 Å². The molecule has 0 aromatic carbocycles. The van der Waals surface area contributed by atoms with Gasteiger partial charge >= 0.3 is 0 Å². The van der Waals surface area contributed by atoms with Crippen molar-refractivity contribution in [1.82, 2.24) is 9.78 Å². The molecule has 1 aromatic heterocycles. The number of hydrogen-bond donors (Lipinski definition) is 2. The Morgan fingerprint density at radius 3 is 2.64 bits per heavy atom. The minimum absolute atomic E-state index is 0.500. The second kappa shape index (κ2) is 4.43. The van der Waals surface area contributed by atoms with Crippen molar-refractivity contribution in [2.24, 2.45) is 0 Å². The maximum absolute atomic E-state index is 9.72. The van der Waals surface area contributed by atoms with Crippen molar-refractivity contribution in [3.8, 4) is 5.75 Å². The molecule has 0 aliphatic rings. The molecule has 0 aliphatic carbocycles. The fourth-order valence-corrected chi connectivity index (χ4v) is 1.31. The molecule has 0 bridgehead atoms. The Morgan fingerprint density at radius 2 is 2.21 bits per heavy atom. The van der Waals surface area contributed by atoms with E-state index >= 15 is 0 Å². The van der Waals surface area contributed by atoms with E-state index < -0.39 is 12.2 Å². The van der Waals surface area contributed by atoms with Crippen molar-refractivity contribution in [2.45, 2.75) is 32.6 Å². The van der Waals surface area contributed by atoms with Gasteiger partial charge in [-0.2, -0.15) is 5.10 Å². The summed E-state index contributed by atoms with van der Waals surface area (Å²) in [6, 6.07) is 0. The van der Waals surface area contributed by atoms with Gasteiger partial charge in [-0.3, -0.25) is 4.68 Å². The largest absolute Gasteiger partial charge is 0.493 e. The zero-order valence-electron chi connectivity index (χ0n) is 8.64. The van der Waals surface area contributed by atoms with Crippen LogP contribution >= 0.6 is 0 Å². The molecule has 5 heteroatoms. The van der Waals surface area contributed by atoms with Crippen LogP contribution < -0.4 is 4.74 Å². The summed E-state index contributed by atoms with van der Waals surface area (Å²) < 4.78 is 6.65. The molecule has 1 aromatic rings. The van der Waals surface area contributed by atoms with Crippen LogP contribution in [0.5, 0.6) is 5.75 Å². The number of hydrogen-bond acceptors (Lipinski definition) is 4. The second-order valence-electron chi connectivity index (χ2n) is 3.10. The quantitative estimate of drug-likeness (QED) is 0.734. The van der Waals surface area contributed by atoms with Crippen LogP contribution in [-0.4, -0.2) is 33.2 Å². The van der Waals surface area contributed by atoms with Gasteiger partial charge in [0.05, 0.1) is 19.4 Å². The molecular weight excluding hydrogens is 184 g/mol. The lowest BCUT2D eigenvalue weighted by atomic mass is 10.1. The second-order valence-corrected chi connectivity index (χ2v) is 3.10. The van der Waals surface area contributed by atoms with Crippen molar-refractivity contribution in [2.75, 3.05) is 7.11 Å². The number of aliphatic hydroxyl groups excluding tert-OH is 2. The molecule has 14 heavy (non-hydrogen) atoms. The van der Waals surface area contributed by atoms with E-state index in [2.05, 4.69) is 5.10 Å². The highest BCUT2D eigenvalue weighted by Crippen LogP contribution is 2.26. The lowest BCUT2D eigenvalue weighted by Gasteiger charge is -2.16. The van der Waals surface area contributed by atoms with Crippen molar-refractivity contribution >= 4 is 0 Å². The first-order chi connectivity index (χ1) is 6.61. The van der Waals surface area contributed by atoms with Crippen molar-refractivity contribution in [3.63, 3.8) is 0 Å². The van der Waals surface area contributed by atoms with Gasteiger partial charge in [-0.25, -0.2) is 0 Å². The predicted molar refractivity (Wildman–Crippen MR) is 51.1 cm³/mol. The van der Waals surface area contributed by atoms with E-state index in [0.29, 0.717) is 18.0 Å².